The summed E-state index contributed by atoms with van der Waals surface area (Å²) in [7, 11) is 0. The highest BCUT2D eigenvalue weighted by Crippen LogP contribution is 2.15. The third-order valence-electron chi connectivity index (χ3n) is 2.82. The molecule has 0 aliphatic carbocycles. The van der Waals surface area contributed by atoms with Crippen LogP contribution in [0.4, 0.5) is 0 Å². The van der Waals surface area contributed by atoms with Crippen LogP contribution < -0.4 is 0 Å². The second kappa shape index (κ2) is 7.39. The third kappa shape index (κ3) is 7.06. The summed E-state index contributed by atoms with van der Waals surface area (Å²) in [6.07, 6.45) is -0.443. The van der Waals surface area contributed by atoms with Crippen LogP contribution in [0.25, 0.3) is 0 Å². The Morgan fingerprint density at radius 3 is 2.53 bits per heavy atom. The van der Waals surface area contributed by atoms with Crippen molar-refractivity contribution in [2.45, 2.75) is 58.9 Å². The molecule has 0 aliphatic heterocycles. The lowest BCUT2D eigenvalue weighted by atomic mass is 10.2. The predicted molar refractivity (Wildman–Crippen MR) is 81.6 cm³/mol. The summed E-state index contributed by atoms with van der Waals surface area (Å²) in [6.45, 7) is 12.3. The molecule has 1 N–H and O–H groups in total. The minimum Gasteiger partial charge on any atom is -0.389 e. The van der Waals surface area contributed by atoms with E-state index in [1.807, 2.05) is 20.8 Å². The number of hydrogen-bond acceptors (Lipinski definition) is 4. The highest BCUT2D eigenvalue weighted by Gasteiger charge is 2.18. The van der Waals surface area contributed by atoms with Crippen molar-refractivity contribution in [1.29, 1.82) is 0 Å². The SMILES string of the molecule is CC(C)N(Cc1cccs1)C[C@H](O)COC(C)(C)C. The molecule has 0 radical (unpaired) electrons. The van der Waals surface area contributed by atoms with Gasteiger partial charge in [0, 0.05) is 24.0 Å². The standard InChI is InChI=1S/C15H27NO2S/c1-12(2)16(10-14-7-6-8-19-14)9-13(17)11-18-15(3,4)5/h6-8,12-13,17H,9-11H2,1-5H3/t13-/m0/s1. The van der Waals surface area contributed by atoms with Gasteiger partial charge in [0.15, 0.2) is 0 Å². The molecule has 1 atom stereocenters. The number of rotatable bonds is 7. The number of ether oxygens (including phenoxy) is 1. The van der Waals surface area contributed by atoms with Crippen molar-refractivity contribution in [2.24, 2.45) is 0 Å². The Balaban J connectivity index is 2.44. The molecule has 0 saturated carbocycles. The van der Waals surface area contributed by atoms with E-state index < -0.39 is 6.10 Å². The second-order valence-electron chi connectivity index (χ2n) is 6.18. The molecule has 0 fully saturated rings. The van der Waals surface area contributed by atoms with Gasteiger partial charge in [-0.05, 0) is 46.1 Å². The van der Waals surface area contributed by atoms with E-state index in [1.165, 1.54) is 4.88 Å². The Morgan fingerprint density at radius 2 is 2.05 bits per heavy atom. The lowest BCUT2D eigenvalue weighted by molar-refractivity contribution is -0.0586. The quantitative estimate of drug-likeness (QED) is 0.835. The first kappa shape index (κ1) is 16.6. The van der Waals surface area contributed by atoms with Crippen molar-refractivity contribution in [3.05, 3.63) is 22.4 Å². The number of thiophene rings is 1. The first-order valence-electron chi connectivity index (χ1n) is 6.86. The second-order valence-corrected chi connectivity index (χ2v) is 7.21. The van der Waals surface area contributed by atoms with Crippen molar-refractivity contribution >= 4 is 11.3 Å². The van der Waals surface area contributed by atoms with Crippen LogP contribution in [0.15, 0.2) is 17.5 Å². The van der Waals surface area contributed by atoms with E-state index in [4.69, 9.17) is 4.74 Å². The normalized spacial score (nSPS) is 14.3. The predicted octanol–water partition coefficient (Wildman–Crippen LogP) is 3.13. The summed E-state index contributed by atoms with van der Waals surface area (Å²) in [4.78, 5) is 3.61. The van der Waals surface area contributed by atoms with Crippen LogP contribution >= 0.6 is 11.3 Å². The van der Waals surface area contributed by atoms with E-state index in [-0.39, 0.29) is 5.60 Å². The van der Waals surface area contributed by atoms with Gasteiger partial charge in [0.25, 0.3) is 0 Å². The minimum atomic E-state index is -0.443. The Hall–Kier alpha value is -0.420. The molecule has 1 heterocycles. The van der Waals surface area contributed by atoms with Crippen LogP contribution in [0, 0.1) is 0 Å². The van der Waals surface area contributed by atoms with Crippen LogP contribution in [-0.2, 0) is 11.3 Å². The third-order valence-corrected chi connectivity index (χ3v) is 3.68. The Morgan fingerprint density at radius 1 is 1.37 bits per heavy atom. The van der Waals surface area contributed by atoms with E-state index in [0.717, 1.165) is 6.54 Å². The maximum atomic E-state index is 10.1. The van der Waals surface area contributed by atoms with Gasteiger partial charge in [-0.3, -0.25) is 4.90 Å². The van der Waals surface area contributed by atoms with E-state index >= 15 is 0 Å². The Bertz CT molecular complexity index is 344. The molecular formula is C15H27NO2S. The summed E-state index contributed by atoms with van der Waals surface area (Å²) in [5, 5.41) is 12.2. The lowest BCUT2D eigenvalue weighted by Gasteiger charge is -2.29. The van der Waals surface area contributed by atoms with Gasteiger partial charge in [-0.15, -0.1) is 11.3 Å². The minimum absolute atomic E-state index is 0.197. The number of aliphatic hydroxyl groups is 1. The first-order valence-corrected chi connectivity index (χ1v) is 7.74. The van der Waals surface area contributed by atoms with Crippen LogP contribution in [0.5, 0.6) is 0 Å². The van der Waals surface area contributed by atoms with Gasteiger partial charge < -0.3 is 9.84 Å². The molecule has 3 nitrogen and oxygen atoms in total. The van der Waals surface area contributed by atoms with Crippen molar-refractivity contribution < 1.29 is 9.84 Å². The summed E-state index contributed by atoms with van der Waals surface area (Å²) >= 11 is 1.76. The molecule has 4 heteroatoms. The largest absolute Gasteiger partial charge is 0.389 e. The van der Waals surface area contributed by atoms with Crippen molar-refractivity contribution in [3.63, 3.8) is 0 Å². The fourth-order valence-electron chi connectivity index (χ4n) is 1.73. The molecule has 1 aromatic rings. The van der Waals surface area contributed by atoms with E-state index in [2.05, 4.69) is 36.3 Å². The Kier molecular flexibility index (Phi) is 6.47. The molecule has 1 rings (SSSR count). The van der Waals surface area contributed by atoms with Crippen LogP contribution in [0.2, 0.25) is 0 Å². The summed E-state index contributed by atoms with van der Waals surface area (Å²) < 4.78 is 5.63. The molecule has 0 bridgehead atoms. The molecule has 0 spiro atoms. The average molecular weight is 285 g/mol. The molecular weight excluding hydrogens is 258 g/mol. The van der Waals surface area contributed by atoms with Crippen LogP contribution in [0.3, 0.4) is 0 Å². The van der Waals surface area contributed by atoms with Crippen molar-refractivity contribution in [2.75, 3.05) is 13.2 Å². The Labute approximate surface area is 121 Å². The lowest BCUT2D eigenvalue weighted by Crippen LogP contribution is -2.39. The maximum absolute atomic E-state index is 10.1. The van der Waals surface area contributed by atoms with Gasteiger partial charge in [-0.2, -0.15) is 0 Å². The molecule has 0 amide bonds. The molecule has 0 unspecified atom stereocenters. The van der Waals surface area contributed by atoms with Crippen molar-refractivity contribution in [3.8, 4) is 0 Å². The van der Waals surface area contributed by atoms with E-state index in [0.29, 0.717) is 19.2 Å². The molecule has 19 heavy (non-hydrogen) atoms. The first-order chi connectivity index (χ1) is 8.78. The summed E-state index contributed by atoms with van der Waals surface area (Å²) in [5.74, 6) is 0. The van der Waals surface area contributed by atoms with Gasteiger partial charge in [0.1, 0.15) is 0 Å². The average Bonchev–Trinajstić information content (AvgIpc) is 2.77. The molecule has 0 aromatic carbocycles. The monoisotopic (exact) mass is 285 g/mol. The summed E-state index contributed by atoms with van der Waals surface area (Å²) in [6, 6.07) is 4.61. The zero-order valence-electron chi connectivity index (χ0n) is 12.7. The number of aliphatic hydroxyl groups excluding tert-OH is 1. The van der Waals surface area contributed by atoms with Gasteiger partial charge in [-0.25, -0.2) is 0 Å². The van der Waals surface area contributed by atoms with Crippen molar-refractivity contribution in [1.82, 2.24) is 4.90 Å². The maximum Gasteiger partial charge on any atom is 0.0900 e. The van der Waals surface area contributed by atoms with E-state index in [9.17, 15) is 5.11 Å². The zero-order chi connectivity index (χ0) is 14.5. The molecule has 0 aliphatic rings. The summed E-state index contributed by atoms with van der Waals surface area (Å²) in [5.41, 5.74) is -0.197. The molecule has 0 saturated heterocycles. The zero-order valence-corrected chi connectivity index (χ0v) is 13.5. The van der Waals surface area contributed by atoms with Gasteiger partial charge >= 0.3 is 0 Å². The fraction of sp³-hybridized carbons (Fsp3) is 0.733. The van der Waals surface area contributed by atoms with Gasteiger partial charge in [0.2, 0.25) is 0 Å². The smallest absolute Gasteiger partial charge is 0.0900 e. The highest BCUT2D eigenvalue weighted by atomic mass is 32.1. The number of hydrogen-bond donors (Lipinski definition) is 1. The highest BCUT2D eigenvalue weighted by molar-refractivity contribution is 7.09. The van der Waals surface area contributed by atoms with Crippen LogP contribution in [0.1, 0.15) is 39.5 Å². The fourth-order valence-corrected chi connectivity index (χ4v) is 2.46. The van der Waals surface area contributed by atoms with Gasteiger partial charge in [0.05, 0.1) is 18.3 Å². The molecule has 110 valence electrons. The van der Waals surface area contributed by atoms with Gasteiger partial charge in [-0.1, -0.05) is 6.07 Å². The number of nitrogens with zero attached hydrogens (tertiary/aromatic N) is 1. The van der Waals surface area contributed by atoms with Crippen LogP contribution in [-0.4, -0.2) is 40.9 Å². The van der Waals surface area contributed by atoms with E-state index in [1.54, 1.807) is 11.3 Å². The molecule has 1 aromatic heterocycles. The topological polar surface area (TPSA) is 32.7 Å².